The average molecular weight is 103 g/mol. The number of hydrogen-bond acceptors (Lipinski definition) is 3. The Morgan fingerprint density at radius 3 is 2.57 bits per heavy atom. The Balaban J connectivity index is 1.93. The van der Waals surface area contributed by atoms with Crippen molar-refractivity contribution in [2.24, 2.45) is 5.92 Å². The van der Waals surface area contributed by atoms with Gasteiger partial charge in [0.2, 0.25) is 0 Å². The van der Waals surface area contributed by atoms with Crippen molar-refractivity contribution < 1.29 is 9.94 Å². The van der Waals surface area contributed by atoms with Crippen molar-refractivity contribution in [2.45, 2.75) is 0 Å². The molecule has 2 N–H and O–H groups in total. The summed E-state index contributed by atoms with van der Waals surface area (Å²) >= 11 is 0. The molecule has 42 valence electrons. The Hall–Kier alpha value is -0.120. The average Bonchev–Trinajstić information content (AvgIpc) is 1.55. The minimum atomic E-state index is 0.546. The molecule has 3 nitrogen and oxygen atoms in total. The predicted molar refractivity (Wildman–Crippen MR) is 24.1 cm³/mol. The molecule has 0 spiro atoms. The molecule has 3 heteroatoms. The first-order valence-electron chi connectivity index (χ1n) is 2.38. The molecule has 0 saturated carbocycles. The molecule has 0 radical (unpaired) electrons. The Bertz CT molecular complexity index is 53.7. The lowest BCUT2D eigenvalue weighted by Gasteiger charge is -2.24. The van der Waals surface area contributed by atoms with Crippen molar-refractivity contribution >= 4 is 0 Å². The number of rotatable bonds is 2. The zero-order valence-corrected chi connectivity index (χ0v) is 4.05. The SMILES string of the molecule is ONCC1COC1. The summed E-state index contributed by atoms with van der Waals surface area (Å²) in [5.41, 5.74) is 2.09. The molecule has 0 aromatic heterocycles. The van der Waals surface area contributed by atoms with Crippen molar-refractivity contribution in [1.29, 1.82) is 0 Å². The van der Waals surface area contributed by atoms with E-state index in [0.29, 0.717) is 12.5 Å². The number of nitrogens with one attached hydrogen (secondary N) is 1. The molecule has 0 aromatic carbocycles. The van der Waals surface area contributed by atoms with Crippen LogP contribution in [-0.2, 0) is 4.74 Å². The van der Waals surface area contributed by atoms with Crippen LogP contribution in [0.25, 0.3) is 0 Å². The van der Waals surface area contributed by atoms with E-state index >= 15 is 0 Å². The van der Waals surface area contributed by atoms with E-state index < -0.39 is 0 Å². The van der Waals surface area contributed by atoms with Crippen LogP contribution in [0, 0.1) is 5.92 Å². The molecule has 1 saturated heterocycles. The molecule has 1 aliphatic rings. The summed E-state index contributed by atoms with van der Waals surface area (Å²) in [6.07, 6.45) is 0. The van der Waals surface area contributed by atoms with Gasteiger partial charge in [-0.1, -0.05) is 0 Å². The summed E-state index contributed by atoms with van der Waals surface area (Å²) in [7, 11) is 0. The van der Waals surface area contributed by atoms with Gasteiger partial charge in [-0.3, -0.25) is 0 Å². The van der Waals surface area contributed by atoms with Crippen LogP contribution in [-0.4, -0.2) is 25.0 Å². The van der Waals surface area contributed by atoms with Crippen LogP contribution in [0.2, 0.25) is 0 Å². The number of ether oxygens (including phenoxy) is 1. The third-order valence-corrected chi connectivity index (χ3v) is 1.09. The number of hydroxylamine groups is 1. The molecule has 0 atom stereocenters. The summed E-state index contributed by atoms with van der Waals surface area (Å²) in [5.74, 6) is 0.546. The van der Waals surface area contributed by atoms with Gasteiger partial charge in [-0.25, -0.2) is 5.48 Å². The standard InChI is InChI=1S/C4H9NO2/c6-5-1-4-2-7-3-4/h4-6H,1-3H2. The summed E-state index contributed by atoms with van der Waals surface area (Å²) < 4.78 is 4.84. The van der Waals surface area contributed by atoms with Gasteiger partial charge in [-0.2, -0.15) is 0 Å². The first-order valence-corrected chi connectivity index (χ1v) is 2.38. The van der Waals surface area contributed by atoms with Crippen LogP contribution in [0.4, 0.5) is 0 Å². The fourth-order valence-corrected chi connectivity index (χ4v) is 0.531. The molecule has 0 aliphatic carbocycles. The minimum Gasteiger partial charge on any atom is -0.381 e. The van der Waals surface area contributed by atoms with Gasteiger partial charge in [0.05, 0.1) is 13.2 Å². The van der Waals surface area contributed by atoms with Crippen LogP contribution < -0.4 is 5.48 Å². The van der Waals surface area contributed by atoms with Gasteiger partial charge in [-0.15, -0.1) is 0 Å². The third-order valence-electron chi connectivity index (χ3n) is 1.09. The van der Waals surface area contributed by atoms with Gasteiger partial charge in [0.25, 0.3) is 0 Å². The second-order valence-electron chi connectivity index (χ2n) is 1.77. The topological polar surface area (TPSA) is 41.5 Å². The first-order chi connectivity index (χ1) is 3.43. The second kappa shape index (κ2) is 2.26. The zero-order chi connectivity index (χ0) is 5.11. The van der Waals surface area contributed by atoms with E-state index in [1.165, 1.54) is 0 Å². The van der Waals surface area contributed by atoms with Gasteiger partial charge in [0, 0.05) is 12.5 Å². The van der Waals surface area contributed by atoms with E-state index in [-0.39, 0.29) is 0 Å². The second-order valence-corrected chi connectivity index (χ2v) is 1.77. The molecule has 0 bridgehead atoms. The quantitative estimate of drug-likeness (QED) is 0.468. The maximum Gasteiger partial charge on any atom is 0.0529 e. The highest BCUT2D eigenvalue weighted by Crippen LogP contribution is 2.06. The molecule has 7 heavy (non-hydrogen) atoms. The Kier molecular flexibility index (Phi) is 1.62. The normalized spacial score (nSPS) is 21.9. The lowest BCUT2D eigenvalue weighted by molar-refractivity contribution is -0.0448. The van der Waals surface area contributed by atoms with Crippen LogP contribution in [0.5, 0.6) is 0 Å². The van der Waals surface area contributed by atoms with E-state index in [2.05, 4.69) is 5.48 Å². The van der Waals surface area contributed by atoms with Crippen LogP contribution >= 0.6 is 0 Å². The third kappa shape index (κ3) is 1.12. The molecule has 0 unspecified atom stereocenters. The smallest absolute Gasteiger partial charge is 0.0529 e. The Labute approximate surface area is 42.2 Å². The monoisotopic (exact) mass is 103 g/mol. The van der Waals surface area contributed by atoms with E-state index in [1.54, 1.807) is 0 Å². The molecule has 1 aliphatic heterocycles. The van der Waals surface area contributed by atoms with E-state index in [0.717, 1.165) is 13.2 Å². The van der Waals surface area contributed by atoms with Gasteiger partial charge >= 0.3 is 0 Å². The van der Waals surface area contributed by atoms with Crippen LogP contribution in [0.1, 0.15) is 0 Å². The van der Waals surface area contributed by atoms with Gasteiger partial charge in [0.1, 0.15) is 0 Å². The summed E-state index contributed by atoms with van der Waals surface area (Å²) in [5, 5.41) is 8.10. The van der Waals surface area contributed by atoms with Crippen molar-refractivity contribution in [3.8, 4) is 0 Å². The summed E-state index contributed by atoms with van der Waals surface area (Å²) in [6.45, 7) is 2.26. The van der Waals surface area contributed by atoms with Crippen LogP contribution in [0.3, 0.4) is 0 Å². The molecule has 1 heterocycles. The van der Waals surface area contributed by atoms with Gasteiger partial charge in [-0.05, 0) is 0 Å². The van der Waals surface area contributed by atoms with E-state index in [4.69, 9.17) is 9.94 Å². The summed E-state index contributed by atoms with van der Waals surface area (Å²) in [4.78, 5) is 0. The van der Waals surface area contributed by atoms with Crippen molar-refractivity contribution in [3.05, 3.63) is 0 Å². The molecular weight excluding hydrogens is 94.0 g/mol. The van der Waals surface area contributed by atoms with Crippen molar-refractivity contribution in [2.75, 3.05) is 19.8 Å². The molecule has 1 fully saturated rings. The van der Waals surface area contributed by atoms with E-state index in [9.17, 15) is 0 Å². The highest BCUT2D eigenvalue weighted by atomic mass is 16.5. The first kappa shape index (κ1) is 5.03. The lowest BCUT2D eigenvalue weighted by Crippen LogP contribution is -2.35. The van der Waals surface area contributed by atoms with Crippen LogP contribution in [0.15, 0.2) is 0 Å². The molecule has 0 amide bonds. The van der Waals surface area contributed by atoms with Gasteiger partial charge in [0.15, 0.2) is 0 Å². The number of hydrogen-bond donors (Lipinski definition) is 2. The van der Waals surface area contributed by atoms with Crippen molar-refractivity contribution in [3.63, 3.8) is 0 Å². The summed E-state index contributed by atoms with van der Waals surface area (Å²) in [6, 6.07) is 0. The minimum absolute atomic E-state index is 0.546. The lowest BCUT2D eigenvalue weighted by atomic mass is 10.1. The predicted octanol–water partition coefficient (Wildman–Crippen LogP) is -0.388. The fourth-order valence-electron chi connectivity index (χ4n) is 0.531. The Morgan fingerprint density at radius 2 is 2.43 bits per heavy atom. The molecular formula is C4H9NO2. The van der Waals surface area contributed by atoms with E-state index in [1.807, 2.05) is 0 Å². The largest absolute Gasteiger partial charge is 0.381 e. The highest BCUT2D eigenvalue weighted by Gasteiger charge is 2.16. The maximum atomic E-state index is 8.10. The molecule has 0 aromatic rings. The highest BCUT2D eigenvalue weighted by molar-refractivity contribution is 4.64. The fraction of sp³-hybridized carbons (Fsp3) is 1.00. The molecule has 1 rings (SSSR count). The Morgan fingerprint density at radius 1 is 1.71 bits per heavy atom. The maximum absolute atomic E-state index is 8.10. The van der Waals surface area contributed by atoms with Gasteiger partial charge < -0.3 is 9.94 Å². The van der Waals surface area contributed by atoms with Crippen molar-refractivity contribution in [1.82, 2.24) is 5.48 Å². The zero-order valence-electron chi connectivity index (χ0n) is 4.05.